The maximum Gasteiger partial charge on any atom is 0.310 e. The van der Waals surface area contributed by atoms with E-state index in [2.05, 4.69) is 5.32 Å². The quantitative estimate of drug-likeness (QED) is 0.866. The van der Waals surface area contributed by atoms with Gasteiger partial charge in [-0.25, -0.2) is 0 Å². The summed E-state index contributed by atoms with van der Waals surface area (Å²) in [5.41, 5.74) is 1.15. The van der Waals surface area contributed by atoms with E-state index in [0.29, 0.717) is 0 Å². The number of carbonyl (C=O) groups excluding carboxylic acids is 1. The number of nitrogens with one attached hydrogen (secondary N) is 1. The van der Waals surface area contributed by atoms with Crippen molar-refractivity contribution in [1.82, 2.24) is 5.32 Å². The van der Waals surface area contributed by atoms with Crippen molar-refractivity contribution in [2.24, 2.45) is 11.8 Å². The van der Waals surface area contributed by atoms with Gasteiger partial charge in [-0.2, -0.15) is 0 Å². The third-order valence-corrected chi connectivity index (χ3v) is 4.63. The zero-order chi connectivity index (χ0) is 15.7. The number of hydrogen-bond acceptors (Lipinski definition) is 3. The molecule has 2 bridgehead atoms. The van der Waals surface area contributed by atoms with Gasteiger partial charge in [-0.05, 0) is 31.7 Å². The van der Waals surface area contributed by atoms with Gasteiger partial charge in [0.2, 0.25) is 5.91 Å². The second kappa shape index (κ2) is 6.08. The molecule has 0 spiro atoms. The van der Waals surface area contributed by atoms with Gasteiger partial charge in [-0.15, -0.1) is 0 Å². The van der Waals surface area contributed by atoms with Crippen molar-refractivity contribution in [3.05, 3.63) is 35.9 Å². The first-order valence-corrected chi connectivity index (χ1v) is 7.79. The molecular formula is C17H21NO4. The maximum absolute atomic E-state index is 12.5. The van der Waals surface area contributed by atoms with Crippen LogP contribution >= 0.6 is 0 Å². The first kappa shape index (κ1) is 15.0. The van der Waals surface area contributed by atoms with Crippen LogP contribution in [0.5, 0.6) is 0 Å². The van der Waals surface area contributed by atoms with E-state index >= 15 is 0 Å². The predicted octanol–water partition coefficient (Wildman–Crippen LogP) is 1.61. The largest absolute Gasteiger partial charge is 0.481 e. The highest BCUT2D eigenvalue weighted by Gasteiger charge is 2.55. The molecule has 0 aliphatic carbocycles. The minimum Gasteiger partial charge on any atom is -0.481 e. The first-order chi connectivity index (χ1) is 10.6. The Labute approximate surface area is 129 Å². The lowest BCUT2D eigenvalue weighted by atomic mass is 9.78. The van der Waals surface area contributed by atoms with Crippen molar-refractivity contribution in [3.8, 4) is 0 Å². The predicted molar refractivity (Wildman–Crippen MR) is 80.3 cm³/mol. The van der Waals surface area contributed by atoms with Crippen LogP contribution in [0.15, 0.2) is 30.3 Å². The first-order valence-electron chi connectivity index (χ1n) is 7.79. The number of aliphatic carboxylic acids is 1. The number of benzene rings is 1. The Morgan fingerprint density at radius 2 is 1.86 bits per heavy atom. The number of carboxylic acids is 1. The van der Waals surface area contributed by atoms with E-state index in [1.165, 1.54) is 0 Å². The van der Waals surface area contributed by atoms with Gasteiger partial charge in [-0.3, -0.25) is 9.59 Å². The monoisotopic (exact) mass is 303 g/mol. The minimum atomic E-state index is -0.928. The molecule has 5 unspecified atom stereocenters. The van der Waals surface area contributed by atoms with Gasteiger partial charge >= 0.3 is 5.97 Å². The third-order valence-electron chi connectivity index (χ3n) is 4.63. The smallest absolute Gasteiger partial charge is 0.310 e. The highest BCUT2D eigenvalue weighted by molar-refractivity contribution is 5.86. The molecule has 2 aliphatic heterocycles. The molecule has 1 amide bonds. The van der Waals surface area contributed by atoms with E-state index < -0.39 is 17.8 Å². The van der Waals surface area contributed by atoms with E-state index in [1.54, 1.807) is 0 Å². The van der Waals surface area contributed by atoms with Crippen LogP contribution < -0.4 is 5.32 Å². The van der Waals surface area contributed by atoms with Crippen molar-refractivity contribution in [1.29, 1.82) is 0 Å². The van der Waals surface area contributed by atoms with E-state index in [1.807, 2.05) is 37.3 Å². The fourth-order valence-electron chi connectivity index (χ4n) is 3.68. The summed E-state index contributed by atoms with van der Waals surface area (Å²) in [6.07, 6.45) is 1.70. The average Bonchev–Trinajstić information content (AvgIpc) is 3.08. The summed E-state index contributed by atoms with van der Waals surface area (Å²) < 4.78 is 5.64. The van der Waals surface area contributed by atoms with Gasteiger partial charge in [0.05, 0.1) is 24.0 Å². The third kappa shape index (κ3) is 2.86. The molecule has 0 aromatic heterocycles. The Morgan fingerprint density at radius 1 is 1.23 bits per heavy atom. The molecule has 2 heterocycles. The van der Waals surface area contributed by atoms with Gasteiger partial charge in [0, 0.05) is 6.04 Å². The highest BCUT2D eigenvalue weighted by atomic mass is 16.5. The number of rotatable bonds is 5. The second-order valence-electron chi connectivity index (χ2n) is 6.28. The summed E-state index contributed by atoms with van der Waals surface area (Å²) in [6.45, 7) is 1.94. The molecule has 2 saturated heterocycles. The summed E-state index contributed by atoms with van der Waals surface area (Å²) in [6, 6.07) is 9.88. The number of amides is 1. The van der Waals surface area contributed by atoms with Crippen LogP contribution in [0.25, 0.3) is 0 Å². The second-order valence-corrected chi connectivity index (χ2v) is 6.28. The molecule has 2 N–H and O–H groups in total. The summed E-state index contributed by atoms with van der Waals surface area (Å²) in [7, 11) is 0. The molecule has 2 aliphatic rings. The van der Waals surface area contributed by atoms with Gasteiger partial charge in [0.15, 0.2) is 0 Å². The number of carbonyl (C=O) groups is 2. The lowest BCUT2D eigenvalue weighted by Crippen LogP contribution is -2.46. The lowest BCUT2D eigenvalue weighted by molar-refractivity contribution is -0.148. The molecule has 5 heteroatoms. The molecule has 5 nitrogen and oxygen atoms in total. The zero-order valence-corrected chi connectivity index (χ0v) is 12.6. The molecule has 118 valence electrons. The molecule has 2 fully saturated rings. The standard InChI is InChI=1S/C17H21NO4/c1-10(9-11-5-3-2-4-6-11)18-16(19)14-12-7-8-13(22-12)15(14)17(20)21/h2-6,10,12-15H,7-9H2,1H3,(H,18,19)(H,20,21). The van der Waals surface area contributed by atoms with Crippen LogP contribution in [0.1, 0.15) is 25.3 Å². The zero-order valence-electron chi connectivity index (χ0n) is 12.6. The van der Waals surface area contributed by atoms with E-state index in [0.717, 1.165) is 24.8 Å². The van der Waals surface area contributed by atoms with E-state index in [9.17, 15) is 14.7 Å². The van der Waals surface area contributed by atoms with Crippen LogP contribution in [0, 0.1) is 11.8 Å². The van der Waals surface area contributed by atoms with Gasteiger partial charge in [0.1, 0.15) is 0 Å². The molecule has 22 heavy (non-hydrogen) atoms. The topological polar surface area (TPSA) is 75.6 Å². The number of ether oxygens (including phenoxy) is 1. The van der Waals surface area contributed by atoms with Gasteiger partial charge in [0.25, 0.3) is 0 Å². The number of hydrogen-bond donors (Lipinski definition) is 2. The van der Waals surface area contributed by atoms with Gasteiger partial charge < -0.3 is 15.2 Å². The Balaban J connectivity index is 1.62. The normalized spacial score (nSPS) is 31.0. The summed E-state index contributed by atoms with van der Waals surface area (Å²) in [4.78, 5) is 23.9. The molecular weight excluding hydrogens is 282 g/mol. The number of carboxylic acid groups (broad SMARTS) is 1. The van der Waals surface area contributed by atoms with Crippen molar-refractivity contribution >= 4 is 11.9 Å². The van der Waals surface area contributed by atoms with Crippen LogP contribution in [0.2, 0.25) is 0 Å². The Hall–Kier alpha value is -1.88. The fourth-order valence-corrected chi connectivity index (χ4v) is 3.68. The maximum atomic E-state index is 12.5. The van der Waals surface area contributed by atoms with Crippen molar-refractivity contribution < 1.29 is 19.4 Å². The fraction of sp³-hybridized carbons (Fsp3) is 0.529. The van der Waals surface area contributed by atoms with Crippen molar-refractivity contribution in [3.63, 3.8) is 0 Å². The van der Waals surface area contributed by atoms with Crippen LogP contribution in [-0.4, -0.2) is 35.2 Å². The average molecular weight is 303 g/mol. The molecule has 0 saturated carbocycles. The summed E-state index contributed by atoms with van der Waals surface area (Å²) >= 11 is 0. The van der Waals surface area contributed by atoms with E-state index in [4.69, 9.17) is 4.74 Å². The molecule has 3 rings (SSSR count). The number of fused-ring (bicyclic) bond motifs is 2. The summed E-state index contributed by atoms with van der Waals surface area (Å²) in [5.74, 6) is -2.39. The highest BCUT2D eigenvalue weighted by Crippen LogP contribution is 2.43. The Morgan fingerprint density at radius 3 is 2.50 bits per heavy atom. The van der Waals surface area contributed by atoms with Crippen LogP contribution in [0.4, 0.5) is 0 Å². The molecule has 1 aromatic carbocycles. The molecule has 0 radical (unpaired) electrons. The van der Waals surface area contributed by atoms with Crippen molar-refractivity contribution in [2.75, 3.05) is 0 Å². The Bertz CT molecular complexity index is 559. The van der Waals surface area contributed by atoms with Gasteiger partial charge in [-0.1, -0.05) is 30.3 Å². The molecule has 1 aromatic rings. The van der Waals surface area contributed by atoms with E-state index in [-0.39, 0.29) is 24.2 Å². The lowest BCUT2D eigenvalue weighted by Gasteiger charge is -2.25. The summed E-state index contributed by atoms with van der Waals surface area (Å²) in [5, 5.41) is 12.3. The molecule has 5 atom stereocenters. The van der Waals surface area contributed by atoms with Crippen LogP contribution in [-0.2, 0) is 20.7 Å². The minimum absolute atomic E-state index is 0.0385. The Kier molecular flexibility index (Phi) is 4.16. The van der Waals surface area contributed by atoms with Crippen LogP contribution in [0.3, 0.4) is 0 Å². The van der Waals surface area contributed by atoms with Crippen molar-refractivity contribution in [2.45, 2.75) is 44.4 Å². The SMILES string of the molecule is CC(Cc1ccccc1)NC(=O)C1C2CCC(O2)C1C(=O)O.